The van der Waals surface area contributed by atoms with Gasteiger partial charge in [-0.05, 0) is 42.9 Å². The molecule has 2 rings (SSSR count). The van der Waals surface area contributed by atoms with Crippen molar-refractivity contribution in [1.29, 1.82) is 0 Å². The second-order valence-corrected chi connectivity index (χ2v) is 5.53. The number of phenolic OH excluding ortho intramolecular Hbond substituents is 2. The van der Waals surface area contributed by atoms with Gasteiger partial charge in [0.25, 0.3) is 0 Å². The Labute approximate surface area is 118 Å². The summed E-state index contributed by atoms with van der Waals surface area (Å²) >= 11 is 0. The summed E-state index contributed by atoms with van der Waals surface area (Å²) in [5.41, 5.74) is 6.60. The smallest absolute Gasteiger partial charge is 0.237 e. The maximum Gasteiger partial charge on any atom is 0.237 e. The van der Waals surface area contributed by atoms with Gasteiger partial charge in [0, 0.05) is 6.04 Å². The first-order valence-electron chi connectivity index (χ1n) is 7.08. The number of aromatic hydroxyl groups is 2. The molecular weight excluding hydrogens is 256 g/mol. The number of hydrogen-bond donors (Lipinski definition) is 4. The number of carbonyl (C=O) groups excluding carboxylic acids is 1. The number of nitrogens with two attached hydrogens (primary N) is 1. The monoisotopic (exact) mass is 278 g/mol. The summed E-state index contributed by atoms with van der Waals surface area (Å²) in [6.07, 6.45) is 3.67. The number of benzene rings is 1. The minimum Gasteiger partial charge on any atom is -0.504 e. The minimum atomic E-state index is -0.637. The molecule has 5 nitrogen and oxygen atoms in total. The van der Waals surface area contributed by atoms with E-state index in [-0.39, 0.29) is 23.4 Å². The van der Waals surface area contributed by atoms with Crippen LogP contribution >= 0.6 is 0 Å². The maximum atomic E-state index is 12.0. The fourth-order valence-corrected chi connectivity index (χ4v) is 2.45. The highest BCUT2D eigenvalue weighted by Crippen LogP contribution is 2.34. The zero-order chi connectivity index (χ0) is 14.7. The summed E-state index contributed by atoms with van der Waals surface area (Å²) in [6, 6.07) is 4.12. The van der Waals surface area contributed by atoms with Crippen molar-refractivity contribution in [3.05, 3.63) is 23.8 Å². The van der Waals surface area contributed by atoms with Gasteiger partial charge in [0.05, 0.1) is 6.04 Å². The molecule has 20 heavy (non-hydrogen) atoms. The summed E-state index contributed by atoms with van der Waals surface area (Å²) in [5, 5.41) is 21.6. The lowest BCUT2D eigenvalue weighted by Gasteiger charge is -2.12. The molecule has 2 unspecified atom stereocenters. The first-order chi connectivity index (χ1) is 9.51. The van der Waals surface area contributed by atoms with Crippen LogP contribution in [0.25, 0.3) is 0 Å². The Kier molecular flexibility index (Phi) is 4.49. The average molecular weight is 278 g/mol. The summed E-state index contributed by atoms with van der Waals surface area (Å²) in [4.78, 5) is 12.0. The van der Waals surface area contributed by atoms with Gasteiger partial charge < -0.3 is 21.3 Å². The van der Waals surface area contributed by atoms with Crippen molar-refractivity contribution in [2.45, 2.75) is 44.7 Å². The van der Waals surface area contributed by atoms with Gasteiger partial charge in [0.2, 0.25) is 5.91 Å². The third kappa shape index (κ3) is 3.63. The number of carbonyl (C=O) groups is 1. The molecule has 0 saturated heterocycles. The molecule has 0 spiro atoms. The summed E-state index contributed by atoms with van der Waals surface area (Å²) in [5.74, 6) is 0.0857. The van der Waals surface area contributed by atoms with Gasteiger partial charge in [-0.25, -0.2) is 0 Å². The van der Waals surface area contributed by atoms with Crippen molar-refractivity contribution in [2.24, 2.45) is 11.7 Å². The number of rotatable bonds is 6. The quantitative estimate of drug-likeness (QED) is 0.589. The Bertz CT molecular complexity index is 490. The first kappa shape index (κ1) is 14.7. The van der Waals surface area contributed by atoms with Crippen LogP contribution in [0.5, 0.6) is 11.5 Å². The van der Waals surface area contributed by atoms with E-state index in [1.165, 1.54) is 12.1 Å². The molecule has 3 atom stereocenters. The van der Waals surface area contributed by atoms with E-state index in [9.17, 15) is 15.0 Å². The van der Waals surface area contributed by atoms with E-state index in [2.05, 4.69) is 12.2 Å². The molecule has 0 aliphatic heterocycles. The molecule has 1 aliphatic carbocycles. The Morgan fingerprint density at radius 1 is 1.45 bits per heavy atom. The first-order valence-corrected chi connectivity index (χ1v) is 7.08. The fourth-order valence-electron chi connectivity index (χ4n) is 2.45. The Morgan fingerprint density at radius 3 is 2.85 bits per heavy atom. The highest BCUT2D eigenvalue weighted by Gasteiger charge is 2.37. The van der Waals surface area contributed by atoms with Crippen molar-refractivity contribution in [3.8, 4) is 11.5 Å². The third-order valence-electron chi connectivity index (χ3n) is 3.74. The van der Waals surface area contributed by atoms with E-state index >= 15 is 0 Å². The van der Waals surface area contributed by atoms with Crippen LogP contribution in [0, 0.1) is 5.92 Å². The van der Waals surface area contributed by atoms with Crippen molar-refractivity contribution in [1.82, 2.24) is 5.32 Å². The standard InChI is InChI=1S/C15H22N2O3/c1-2-3-10-8-12(10)17-15(20)11(16)6-9-4-5-13(18)14(19)7-9/h4-5,7,10-12,18-19H,2-3,6,8,16H2,1H3,(H,17,20)/t10?,11-,12?/m0/s1. The molecule has 0 bridgehead atoms. The van der Waals surface area contributed by atoms with E-state index in [4.69, 9.17) is 5.73 Å². The van der Waals surface area contributed by atoms with Gasteiger partial charge in [0.15, 0.2) is 11.5 Å². The molecule has 0 aromatic heterocycles. The topological polar surface area (TPSA) is 95.6 Å². The zero-order valence-electron chi connectivity index (χ0n) is 11.7. The number of nitrogens with one attached hydrogen (secondary N) is 1. The van der Waals surface area contributed by atoms with Crippen LogP contribution in [0.1, 0.15) is 31.7 Å². The number of hydrogen-bond acceptors (Lipinski definition) is 4. The van der Waals surface area contributed by atoms with Gasteiger partial charge in [0.1, 0.15) is 0 Å². The van der Waals surface area contributed by atoms with E-state index in [0.717, 1.165) is 24.8 Å². The zero-order valence-corrected chi connectivity index (χ0v) is 11.7. The van der Waals surface area contributed by atoms with Crippen LogP contribution in [0.3, 0.4) is 0 Å². The molecule has 5 N–H and O–H groups in total. The Morgan fingerprint density at radius 2 is 2.20 bits per heavy atom. The molecule has 110 valence electrons. The second kappa shape index (κ2) is 6.13. The SMILES string of the molecule is CCCC1CC1NC(=O)[C@@H](N)Cc1ccc(O)c(O)c1. The van der Waals surface area contributed by atoms with E-state index in [1.54, 1.807) is 6.07 Å². The van der Waals surface area contributed by atoms with Gasteiger partial charge >= 0.3 is 0 Å². The van der Waals surface area contributed by atoms with Gasteiger partial charge in [-0.3, -0.25) is 4.79 Å². The maximum absolute atomic E-state index is 12.0. The lowest BCUT2D eigenvalue weighted by Crippen LogP contribution is -2.43. The Hall–Kier alpha value is -1.75. The summed E-state index contributed by atoms with van der Waals surface area (Å²) in [7, 11) is 0. The lowest BCUT2D eigenvalue weighted by molar-refractivity contribution is -0.122. The molecule has 1 aliphatic rings. The second-order valence-electron chi connectivity index (χ2n) is 5.53. The number of phenols is 2. The van der Waals surface area contributed by atoms with Crippen LogP contribution in [-0.4, -0.2) is 28.2 Å². The summed E-state index contributed by atoms with van der Waals surface area (Å²) < 4.78 is 0. The molecular formula is C15H22N2O3. The predicted molar refractivity (Wildman–Crippen MR) is 76.4 cm³/mol. The molecule has 1 aromatic carbocycles. The van der Waals surface area contributed by atoms with Crippen molar-refractivity contribution < 1.29 is 15.0 Å². The van der Waals surface area contributed by atoms with Crippen molar-refractivity contribution >= 4 is 5.91 Å². The van der Waals surface area contributed by atoms with Crippen LogP contribution < -0.4 is 11.1 Å². The molecule has 1 aromatic rings. The van der Waals surface area contributed by atoms with Crippen molar-refractivity contribution in [2.75, 3.05) is 0 Å². The highest BCUT2D eigenvalue weighted by molar-refractivity contribution is 5.82. The van der Waals surface area contributed by atoms with E-state index < -0.39 is 6.04 Å². The van der Waals surface area contributed by atoms with Crippen LogP contribution in [0.2, 0.25) is 0 Å². The number of amides is 1. The Balaban J connectivity index is 1.83. The lowest BCUT2D eigenvalue weighted by atomic mass is 10.1. The highest BCUT2D eigenvalue weighted by atomic mass is 16.3. The molecule has 1 fully saturated rings. The van der Waals surface area contributed by atoms with Gasteiger partial charge in [-0.1, -0.05) is 19.4 Å². The van der Waals surface area contributed by atoms with Crippen LogP contribution in [-0.2, 0) is 11.2 Å². The molecule has 1 saturated carbocycles. The van der Waals surface area contributed by atoms with Crippen molar-refractivity contribution in [3.63, 3.8) is 0 Å². The molecule has 1 amide bonds. The normalized spacial score (nSPS) is 22.3. The van der Waals surface area contributed by atoms with E-state index in [1.807, 2.05) is 0 Å². The molecule has 0 radical (unpaired) electrons. The van der Waals surface area contributed by atoms with Crippen LogP contribution in [0.15, 0.2) is 18.2 Å². The van der Waals surface area contributed by atoms with E-state index in [0.29, 0.717) is 12.3 Å². The largest absolute Gasteiger partial charge is 0.504 e. The average Bonchev–Trinajstić information content (AvgIpc) is 3.12. The minimum absolute atomic E-state index is 0.152. The van der Waals surface area contributed by atoms with Gasteiger partial charge in [-0.2, -0.15) is 0 Å². The van der Waals surface area contributed by atoms with Gasteiger partial charge in [-0.15, -0.1) is 0 Å². The summed E-state index contributed by atoms with van der Waals surface area (Å²) in [6.45, 7) is 2.14. The fraction of sp³-hybridized carbons (Fsp3) is 0.533. The molecule has 5 heteroatoms. The molecule has 0 heterocycles. The third-order valence-corrected chi connectivity index (χ3v) is 3.74. The van der Waals surface area contributed by atoms with Crippen LogP contribution in [0.4, 0.5) is 0 Å². The predicted octanol–water partition coefficient (Wildman–Crippen LogP) is 1.27.